The number of hydrogen-bond acceptors (Lipinski definition) is 5. The molecule has 0 spiro atoms. The summed E-state index contributed by atoms with van der Waals surface area (Å²) in [7, 11) is 4.12. The SMILES string of the molecule is CN(C)c1ccc(/C=C/CN2CCN(c3cccc(CNC(=O)c4ccncc4)c3)CC2)cc1. The lowest BCUT2D eigenvalue weighted by atomic mass is 10.1. The van der Waals surface area contributed by atoms with Crippen LogP contribution in [-0.4, -0.2) is 62.6 Å². The zero-order valence-electron chi connectivity index (χ0n) is 20.0. The van der Waals surface area contributed by atoms with Crippen LogP contribution >= 0.6 is 0 Å². The lowest BCUT2D eigenvalue weighted by Crippen LogP contribution is -2.46. The van der Waals surface area contributed by atoms with Gasteiger partial charge in [-0.05, 0) is 47.5 Å². The molecule has 1 aliphatic rings. The van der Waals surface area contributed by atoms with E-state index in [-0.39, 0.29) is 5.91 Å². The molecule has 3 aromatic rings. The predicted octanol–water partition coefficient (Wildman–Crippen LogP) is 3.91. The second kappa shape index (κ2) is 11.5. The highest BCUT2D eigenvalue weighted by Crippen LogP contribution is 2.19. The largest absolute Gasteiger partial charge is 0.378 e. The average Bonchev–Trinajstić information content (AvgIpc) is 2.88. The quantitative estimate of drug-likeness (QED) is 0.558. The van der Waals surface area contributed by atoms with Gasteiger partial charge in [-0.15, -0.1) is 0 Å². The number of amides is 1. The highest BCUT2D eigenvalue weighted by atomic mass is 16.1. The molecule has 0 radical (unpaired) electrons. The molecule has 0 unspecified atom stereocenters. The number of anilines is 2. The minimum absolute atomic E-state index is 0.0804. The van der Waals surface area contributed by atoms with Crippen molar-refractivity contribution in [3.8, 4) is 0 Å². The molecule has 0 aliphatic carbocycles. The third-order valence-corrected chi connectivity index (χ3v) is 6.13. The van der Waals surface area contributed by atoms with Gasteiger partial charge >= 0.3 is 0 Å². The van der Waals surface area contributed by atoms with E-state index in [1.807, 2.05) is 0 Å². The van der Waals surface area contributed by atoms with E-state index >= 15 is 0 Å². The van der Waals surface area contributed by atoms with Crippen LogP contribution in [0.25, 0.3) is 6.08 Å². The summed E-state index contributed by atoms with van der Waals surface area (Å²) in [6.45, 7) is 5.54. The van der Waals surface area contributed by atoms with E-state index in [4.69, 9.17) is 0 Å². The van der Waals surface area contributed by atoms with E-state index in [0.717, 1.165) is 38.3 Å². The van der Waals surface area contributed by atoms with Gasteiger partial charge in [0.2, 0.25) is 0 Å². The summed E-state index contributed by atoms with van der Waals surface area (Å²) in [5.41, 5.74) is 5.39. The fraction of sp³-hybridized carbons (Fsp3) is 0.286. The maximum Gasteiger partial charge on any atom is 0.251 e. The molecule has 2 aromatic carbocycles. The number of nitrogens with zero attached hydrogens (tertiary/aromatic N) is 4. The molecule has 1 N–H and O–H groups in total. The van der Waals surface area contributed by atoms with Crippen LogP contribution in [0, 0.1) is 0 Å². The Morgan fingerprint density at radius 1 is 1.00 bits per heavy atom. The van der Waals surface area contributed by atoms with Gasteiger partial charge in [0.05, 0.1) is 0 Å². The number of rotatable bonds is 8. The summed E-state index contributed by atoms with van der Waals surface area (Å²) in [5, 5.41) is 2.99. The molecule has 1 aliphatic heterocycles. The van der Waals surface area contributed by atoms with E-state index in [1.165, 1.54) is 16.9 Å². The predicted molar refractivity (Wildman–Crippen MR) is 140 cm³/mol. The van der Waals surface area contributed by atoms with Crippen LogP contribution in [0.2, 0.25) is 0 Å². The topological polar surface area (TPSA) is 51.7 Å². The lowest BCUT2D eigenvalue weighted by Gasteiger charge is -2.35. The summed E-state index contributed by atoms with van der Waals surface area (Å²) >= 11 is 0. The van der Waals surface area contributed by atoms with Gasteiger partial charge in [-0.2, -0.15) is 0 Å². The Morgan fingerprint density at radius 3 is 2.44 bits per heavy atom. The number of carbonyl (C=O) groups excluding carboxylic acids is 1. The van der Waals surface area contributed by atoms with Crippen LogP contribution in [0.3, 0.4) is 0 Å². The van der Waals surface area contributed by atoms with Gasteiger partial charge in [0, 0.05) is 82.7 Å². The molecule has 34 heavy (non-hydrogen) atoms. The summed E-state index contributed by atoms with van der Waals surface area (Å²) in [6, 6.07) is 20.5. The summed E-state index contributed by atoms with van der Waals surface area (Å²) < 4.78 is 0. The van der Waals surface area contributed by atoms with E-state index in [1.54, 1.807) is 24.5 Å². The molecule has 1 amide bonds. The molecule has 176 valence electrons. The highest BCUT2D eigenvalue weighted by molar-refractivity contribution is 5.93. The van der Waals surface area contributed by atoms with Crippen molar-refractivity contribution in [3.63, 3.8) is 0 Å². The molecule has 6 nitrogen and oxygen atoms in total. The van der Waals surface area contributed by atoms with Crippen LogP contribution < -0.4 is 15.1 Å². The Bertz CT molecular complexity index is 1090. The third-order valence-electron chi connectivity index (χ3n) is 6.13. The van der Waals surface area contributed by atoms with Gasteiger partial charge in [-0.25, -0.2) is 0 Å². The van der Waals surface area contributed by atoms with Gasteiger partial charge in [0.1, 0.15) is 0 Å². The summed E-state index contributed by atoms with van der Waals surface area (Å²) in [6.07, 6.45) is 7.73. The first-order chi connectivity index (χ1) is 16.6. The Labute approximate surface area is 202 Å². The van der Waals surface area contributed by atoms with Gasteiger partial charge < -0.3 is 15.1 Å². The van der Waals surface area contributed by atoms with Gasteiger partial charge in [-0.3, -0.25) is 14.7 Å². The number of nitrogens with one attached hydrogen (secondary N) is 1. The van der Waals surface area contributed by atoms with Crippen molar-refractivity contribution in [1.82, 2.24) is 15.2 Å². The highest BCUT2D eigenvalue weighted by Gasteiger charge is 2.16. The smallest absolute Gasteiger partial charge is 0.251 e. The Hall–Kier alpha value is -3.64. The molecule has 6 heteroatoms. The number of pyridine rings is 1. The fourth-order valence-corrected chi connectivity index (χ4v) is 4.06. The van der Waals surface area contributed by atoms with Crippen molar-refractivity contribution < 1.29 is 4.79 Å². The van der Waals surface area contributed by atoms with Gasteiger partial charge in [0.25, 0.3) is 5.91 Å². The molecule has 2 heterocycles. The van der Waals surface area contributed by atoms with E-state index in [2.05, 4.69) is 99.8 Å². The Balaban J connectivity index is 1.24. The minimum atomic E-state index is -0.0804. The summed E-state index contributed by atoms with van der Waals surface area (Å²) in [4.78, 5) is 23.3. The fourth-order valence-electron chi connectivity index (χ4n) is 4.06. The monoisotopic (exact) mass is 455 g/mol. The van der Waals surface area contributed by atoms with Crippen LogP contribution in [0.1, 0.15) is 21.5 Å². The normalized spacial score (nSPS) is 14.4. The summed E-state index contributed by atoms with van der Waals surface area (Å²) in [5.74, 6) is -0.0804. The van der Waals surface area contributed by atoms with Crippen LogP contribution in [0.5, 0.6) is 0 Å². The van der Waals surface area contributed by atoms with Crippen LogP contribution in [0.4, 0.5) is 11.4 Å². The van der Waals surface area contributed by atoms with Crippen molar-refractivity contribution in [2.75, 3.05) is 56.6 Å². The first kappa shape index (κ1) is 23.5. The van der Waals surface area contributed by atoms with Gasteiger partial charge in [0.15, 0.2) is 0 Å². The van der Waals surface area contributed by atoms with E-state index < -0.39 is 0 Å². The zero-order valence-corrected chi connectivity index (χ0v) is 20.0. The van der Waals surface area contributed by atoms with Crippen molar-refractivity contribution in [1.29, 1.82) is 0 Å². The third kappa shape index (κ3) is 6.45. The van der Waals surface area contributed by atoms with Crippen molar-refractivity contribution in [2.24, 2.45) is 0 Å². The molecule has 0 bridgehead atoms. The molecule has 0 saturated carbocycles. The molecular weight excluding hydrogens is 422 g/mol. The lowest BCUT2D eigenvalue weighted by molar-refractivity contribution is 0.0951. The zero-order chi connectivity index (χ0) is 23.8. The second-order valence-electron chi connectivity index (χ2n) is 8.76. The maximum atomic E-state index is 12.3. The van der Waals surface area contributed by atoms with Crippen LogP contribution in [-0.2, 0) is 6.54 Å². The molecular formula is C28H33N5O. The molecule has 4 rings (SSSR count). The average molecular weight is 456 g/mol. The van der Waals surface area contributed by atoms with E-state index in [9.17, 15) is 4.79 Å². The van der Waals surface area contributed by atoms with Crippen molar-refractivity contribution in [2.45, 2.75) is 6.54 Å². The molecule has 1 saturated heterocycles. The Kier molecular flexibility index (Phi) is 7.94. The number of carbonyl (C=O) groups is 1. The number of hydrogen-bond donors (Lipinski definition) is 1. The number of piperazine rings is 1. The standard InChI is InChI=1S/C28H33N5O/c1-31(2)26-10-8-23(9-11-26)6-4-16-32-17-19-33(20-18-32)27-7-3-5-24(21-27)22-30-28(34)25-12-14-29-15-13-25/h3-15,21H,16-20,22H2,1-2H3,(H,30,34)/b6-4+. The van der Waals surface area contributed by atoms with Crippen LogP contribution in [0.15, 0.2) is 79.1 Å². The van der Waals surface area contributed by atoms with Crippen molar-refractivity contribution >= 4 is 23.4 Å². The first-order valence-corrected chi connectivity index (χ1v) is 11.8. The molecule has 0 atom stereocenters. The van der Waals surface area contributed by atoms with Crippen molar-refractivity contribution in [3.05, 3.63) is 95.8 Å². The number of aromatic nitrogens is 1. The number of benzene rings is 2. The van der Waals surface area contributed by atoms with E-state index in [0.29, 0.717) is 12.1 Å². The first-order valence-electron chi connectivity index (χ1n) is 11.8. The second-order valence-corrected chi connectivity index (χ2v) is 8.76. The molecule has 1 fully saturated rings. The maximum absolute atomic E-state index is 12.3. The van der Waals surface area contributed by atoms with Gasteiger partial charge in [-0.1, -0.05) is 36.4 Å². The molecule has 1 aromatic heterocycles. The Morgan fingerprint density at radius 2 is 1.74 bits per heavy atom. The minimum Gasteiger partial charge on any atom is -0.378 e.